The zero-order chi connectivity index (χ0) is 13.7. The van der Waals surface area contributed by atoms with E-state index in [1.54, 1.807) is 11.4 Å². The largest absolute Gasteiger partial charge is 0.478 e. The predicted octanol–water partition coefficient (Wildman–Crippen LogP) is 0.289. The Morgan fingerprint density at radius 2 is 2.37 bits per heavy atom. The maximum Gasteiger partial charge on any atom is 0.328 e. The number of carbonyl (C=O) groups is 2. The third-order valence-corrected chi connectivity index (χ3v) is 3.03. The molecule has 2 aromatic rings. The number of thiophene rings is 1. The number of hydrogen-bond acceptors (Lipinski definition) is 6. The van der Waals surface area contributed by atoms with E-state index in [1.807, 2.05) is 0 Å². The second-order valence-electron chi connectivity index (χ2n) is 3.39. The van der Waals surface area contributed by atoms with E-state index < -0.39 is 5.97 Å². The van der Waals surface area contributed by atoms with Gasteiger partial charge in [-0.15, -0.1) is 21.5 Å². The summed E-state index contributed by atoms with van der Waals surface area (Å²) in [7, 11) is 0. The van der Waals surface area contributed by atoms with E-state index in [2.05, 4.69) is 25.9 Å². The third-order valence-electron chi connectivity index (χ3n) is 2.10. The van der Waals surface area contributed by atoms with Crippen LogP contribution in [-0.4, -0.2) is 37.6 Å². The van der Waals surface area contributed by atoms with Crippen LogP contribution in [0.15, 0.2) is 17.5 Å². The quantitative estimate of drug-likeness (QED) is 0.676. The summed E-state index contributed by atoms with van der Waals surface area (Å²) in [6.07, 6.45) is 2.36. The topological polar surface area (TPSA) is 121 Å². The van der Waals surface area contributed by atoms with E-state index in [9.17, 15) is 9.59 Å². The summed E-state index contributed by atoms with van der Waals surface area (Å²) in [6, 6.07) is 1.67. The van der Waals surface area contributed by atoms with Crippen LogP contribution in [0.2, 0.25) is 0 Å². The molecular formula is C10H9N5O3S. The summed E-state index contributed by atoms with van der Waals surface area (Å²) in [5.74, 6) is -1.01. The van der Waals surface area contributed by atoms with E-state index >= 15 is 0 Å². The maximum atomic E-state index is 11.9. The number of aromatic amines is 1. The molecule has 2 heterocycles. The molecular weight excluding hydrogens is 270 g/mol. The number of aromatic nitrogens is 4. The van der Waals surface area contributed by atoms with Crippen molar-refractivity contribution in [2.24, 2.45) is 0 Å². The van der Waals surface area contributed by atoms with Crippen LogP contribution >= 0.6 is 11.3 Å². The van der Waals surface area contributed by atoms with Crippen LogP contribution in [0, 0.1) is 0 Å². The molecule has 0 spiro atoms. The van der Waals surface area contributed by atoms with Crippen LogP contribution in [0.3, 0.4) is 0 Å². The fraction of sp³-hybridized carbons (Fsp3) is 0.100. The Balaban J connectivity index is 2.03. The first kappa shape index (κ1) is 12.9. The van der Waals surface area contributed by atoms with Crippen molar-refractivity contribution in [1.82, 2.24) is 25.9 Å². The summed E-state index contributed by atoms with van der Waals surface area (Å²) >= 11 is 1.23. The van der Waals surface area contributed by atoms with Gasteiger partial charge in [0, 0.05) is 6.08 Å². The summed E-state index contributed by atoms with van der Waals surface area (Å²) in [5, 5.41) is 25.9. The highest BCUT2D eigenvalue weighted by atomic mass is 32.1. The molecule has 0 bridgehead atoms. The minimum atomic E-state index is -1.07. The lowest BCUT2D eigenvalue weighted by molar-refractivity contribution is -0.131. The molecule has 0 fully saturated rings. The molecule has 0 aromatic carbocycles. The second kappa shape index (κ2) is 5.87. The predicted molar refractivity (Wildman–Crippen MR) is 66.3 cm³/mol. The monoisotopic (exact) mass is 279 g/mol. The molecule has 98 valence electrons. The van der Waals surface area contributed by atoms with E-state index in [-0.39, 0.29) is 12.5 Å². The van der Waals surface area contributed by atoms with Crippen LogP contribution in [0.25, 0.3) is 6.08 Å². The first-order valence-corrected chi connectivity index (χ1v) is 6.04. The van der Waals surface area contributed by atoms with Gasteiger partial charge in [-0.25, -0.2) is 4.79 Å². The van der Waals surface area contributed by atoms with E-state index in [1.165, 1.54) is 17.4 Å². The van der Waals surface area contributed by atoms with E-state index in [4.69, 9.17) is 5.11 Å². The van der Waals surface area contributed by atoms with Gasteiger partial charge in [0.2, 0.25) is 0 Å². The average molecular weight is 279 g/mol. The van der Waals surface area contributed by atoms with Gasteiger partial charge in [-0.1, -0.05) is 5.21 Å². The molecule has 2 aromatic heterocycles. The standard InChI is InChI=1S/C10H9N5O3S/c16-8(17)2-1-6-3-4-19-9(6)10(18)11-5-7-12-14-15-13-7/h1-4H,5H2,(H,11,18)(H,16,17)(H,12,13,14,15). The minimum absolute atomic E-state index is 0.148. The summed E-state index contributed by atoms with van der Waals surface area (Å²) in [5.41, 5.74) is 0.554. The number of carbonyl (C=O) groups excluding carboxylic acids is 1. The second-order valence-corrected chi connectivity index (χ2v) is 4.30. The number of rotatable bonds is 5. The van der Waals surface area contributed by atoms with Crippen molar-refractivity contribution in [2.45, 2.75) is 6.54 Å². The fourth-order valence-corrected chi connectivity index (χ4v) is 2.10. The summed E-state index contributed by atoms with van der Waals surface area (Å²) < 4.78 is 0. The van der Waals surface area contributed by atoms with Crippen LogP contribution in [-0.2, 0) is 11.3 Å². The first-order chi connectivity index (χ1) is 9.16. The lowest BCUT2D eigenvalue weighted by Crippen LogP contribution is -2.23. The van der Waals surface area contributed by atoms with Gasteiger partial charge in [0.1, 0.15) is 0 Å². The SMILES string of the molecule is O=C(O)C=Cc1ccsc1C(=O)NCc1nn[nH]n1. The number of aliphatic carboxylic acids is 1. The molecule has 9 heteroatoms. The maximum absolute atomic E-state index is 11.9. The zero-order valence-electron chi connectivity index (χ0n) is 9.53. The normalized spacial score (nSPS) is 10.7. The Hall–Kier alpha value is -2.55. The zero-order valence-corrected chi connectivity index (χ0v) is 10.3. The highest BCUT2D eigenvalue weighted by Crippen LogP contribution is 2.18. The van der Waals surface area contributed by atoms with Gasteiger partial charge in [0.25, 0.3) is 5.91 Å². The molecule has 0 radical (unpaired) electrons. The molecule has 8 nitrogen and oxygen atoms in total. The Kier molecular flexibility index (Phi) is 3.98. The number of nitrogens with zero attached hydrogens (tertiary/aromatic N) is 3. The average Bonchev–Trinajstić information content (AvgIpc) is 3.04. The summed E-state index contributed by atoms with van der Waals surface area (Å²) in [6.45, 7) is 0.148. The number of nitrogens with one attached hydrogen (secondary N) is 2. The van der Waals surface area contributed by atoms with Crippen molar-refractivity contribution < 1.29 is 14.7 Å². The van der Waals surface area contributed by atoms with Crippen molar-refractivity contribution in [3.63, 3.8) is 0 Å². The molecule has 0 saturated carbocycles. The van der Waals surface area contributed by atoms with Gasteiger partial charge in [-0.3, -0.25) is 4.79 Å². The smallest absolute Gasteiger partial charge is 0.328 e. The van der Waals surface area contributed by atoms with Gasteiger partial charge in [-0.2, -0.15) is 5.21 Å². The number of H-pyrrole nitrogens is 1. The Morgan fingerprint density at radius 1 is 1.53 bits per heavy atom. The van der Waals surface area contributed by atoms with Crippen molar-refractivity contribution in [1.29, 1.82) is 0 Å². The number of hydrogen-bond donors (Lipinski definition) is 3. The molecule has 2 rings (SSSR count). The van der Waals surface area contributed by atoms with Crippen LogP contribution in [0.5, 0.6) is 0 Å². The van der Waals surface area contributed by atoms with Crippen LogP contribution in [0.4, 0.5) is 0 Å². The fourth-order valence-electron chi connectivity index (χ4n) is 1.29. The molecule has 0 aliphatic carbocycles. The van der Waals surface area contributed by atoms with Gasteiger partial charge in [0.15, 0.2) is 5.82 Å². The minimum Gasteiger partial charge on any atom is -0.478 e. The number of amides is 1. The Morgan fingerprint density at radius 3 is 3.05 bits per heavy atom. The molecule has 0 aliphatic rings. The van der Waals surface area contributed by atoms with Crippen molar-refractivity contribution in [3.05, 3.63) is 33.8 Å². The van der Waals surface area contributed by atoms with Gasteiger partial charge >= 0.3 is 5.97 Å². The molecule has 19 heavy (non-hydrogen) atoms. The molecule has 0 saturated heterocycles. The van der Waals surface area contributed by atoms with Crippen LogP contribution < -0.4 is 5.32 Å². The van der Waals surface area contributed by atoms with Gasteiger partial charge < -0.3 is 10.4 Å². The third kappa shape index (κ3) is 3.45. The van der Waals surface area contributed by atoms with Gasteiger partial charge in [-0.05, 0) is 23.1 Å². The van der Waals surface area contributed by atoms with E-state index in [0.717, 1.165) is 6.08 Å². The Labute approximate surface area is 111 Å². The molecule has 0 aliphatic heterocycles. The molecule has 0 unspecified atom stereocenters. The highest BCUT2D eigenvalue weighted by molar-refractivity contribution is 7.12. The van der Waals surface area contributed by atoms with Crippen molar-refractivity contribution in [2.75, 3.05) is 0 Å². The summed E-state index contributed by atoms with van der Waals surface area (Å²) in [4.78, 5) is 22.8. The van der Waals surface area contributed by atoms with Crippen LogP contribution in [0.1, 0.15) is 21.1 Å². The molecule has 3 N–H and O–H groups in total. The van der Waals surface area contributed by atoms with E-state index in [0.29, 0.717) is 16.3 Å². The Bertz CT molecular complexity index is 604. The van der Waals surface area contributed by atoms with Crippen molar-refractivity contribution >= 4 is 29.3 Å². The number of tetrazole rings is 1. The molecule has 0 atom stereocenters. The lowest BCUT2D eigenvalue weighted by Gasteiger charge is -2.01. The first-order valence-electron chi connectivity index (χ1n) is 5.16. The van der Waals surface area contributed by atoms with Gasteiger partial charge in [0.05, 0.1) is 11.4 Å². The molecule has 1 amide bonds. The lowest BCUT2D eigenvalue weighted by atomic mass is 10.2. The number of carboxylic acid groups (broad SMARTS) is 1. The van der Waals surface area contributed by atoms with Crippen molar-refractivity contribution in [3.8, 4) is 0 Å². The number of carboxylic acids is 1. The highest BCUT2D eigenvalue weighted by Gasteiger charge is 2.12.